The molecule has 0 aliphatic rings. The predicted molar refractivity (Wildman–Crippen MR) is 98.7 cm³/mol. The Labute approximate surface area is 156 Å². The van der Waals surface area contributed by atoms with Gasteiger partial charge in [0.15, 0.2) is 5.69 Å². The normalized spacial score (nSPS) is 10.4. The van der Waals surface area contributed by atoms with Gasteiger partial charge < -0.3 is 19.8 Å². The van der Waals surface area contributed by atoms with Crippen molar-refractivity contribution in [3.63, 3.8) is 0 Å². The Hall–Kier alpha value is -3.55. The minimum atomic E-state index is -0.408. The molecule has 3 rings (SSSR count). The first-order valence-electron chi connectivity index (χ1n) is 8.44. The number of aromatic nitrogens is 2. The van der Waals surface area contributed by atoms with Crippen molar-refractivity contribution in [2.24, 2.45) is 0 Å². The monoisotopic (exact) mass is 368 g/mol. The Morgan fingerprint density at radius 2 is 2.00 bits per heavy atom. The van der Waals surface area contributed by atoms with Gasteiger partial charge in [0.25, 0.3) is 11.8 Å². The van der Waals surface area contributed by atoms with E-state index >= 15 is 0 Å². The van der Waals surface area contributed by atoms with Gasteiger partial charge in [0, 0.05) is 12.7 Å². The largest absolute Gasteiger partial charge is 0.496 e. The molecule has 0 aliphatic carbocycles. The van der Waals surface area contributed by atoms with Gasteiger partial charge in [-0.25, -0.2) is 0 Å². The first kappa shape index (κ1) is 18.2. The van der Waals surface area contributed by atoms with Crippen molar-refractivity contribution in [2.75, 3.05) is 12.4 Å². The fraction of sp³-hybridized carbons (Fsp3) is 0.211. The zero-order chi connectivity index (χ0) is 19.2. The maximum absolute atomic E-state index is 12.6. The van der Waals surface area contributed by atoms with E-state index < -0.39 is 5.91 Å². The highest BCUT2D eigenvalue weighted by atomic mass is 16.5. The molecular formula is C19H20N4O4. The van der Waals surface area contributed by atoms with Crippen LogP contribution in [-0.2, 0) is 13.1 Å². The molecule has 0 saturated carbocycles. The fourth-order valence-electron chi connectivity index (χ4n) is 2.53. The molecule has 1 aromatic carbocycles. The second-order valence-corrected chi connectivity index (χ2v) is 5.66. The molecule has 0 aliphatic heterocycles. The summed E-state index contributed by atoms with van der Waals surface area (Å²) in [6, 6.07) is 10.4. The third kappa shape index (κ3) is 4.17. The van der Waals surface area contributed by atoms with E-state index in [0.717, 1.165) is 0 Å². The van der Waals surface area contributed by atoms with Crippen LogP contribution in [0.3, 0.4) is 0 Å². The summed E-state index contributed by atoms with van der Waals surface area (Å²) in [6.07, 6.45) is 3.15. The zero-order valence-electron chi connectivity index (χ0n) is 15.1. The number of nitrogens with one attached hydrogen (secondary N) is 2. The average molecular weight is 368 g/mol. The van der Waals surface area contributed by atoms with Gasteiger partial charge in [0.2, 0.25) is 0 Å². The Morgan fingerprint density at radius 3 is 2.70 bits per heavy atom. The number of methoxy groups -OCH3 is 1. The SMILES string of the molecule is CCn1cc(NC(=O)c2ccccc2OC)c(C(=O)NCc2ccco2)n1. The van der Waals surface area contributed by atoms with Gasteiger partial charge in [0.1, 0.15) is 11.5 Å². The van der Waals surface area contributed by atoms with E-state index in [0.29, 0.717) is 29.3 Å². The average Bonchev–Trinajstić information content (AvgIpc) is 3.35. The maximum Gasteiger partial charge on any atom is 0.274 e. The second kappa shape index (κ2) is 8.22. The van der Waals surface area contributed by atoms with Gasteiger partial charge in [-0.15, -0.1) is 0 Å². The van der Waals surface area contributed by atoms with E-state index in [-0.39, 0.29) is 18.1 Å². The molecule has 3 aromatic rings. The van der Waals surface area contributed by atoms with Crippen molar-refractivity contribution in [1.82, 2.24) is 15.1 Å². The number of amides is 2. The number of aryl methyl sites for hydroxylation is 1. The summed E-state index contributed by atoms with van der Waals surface area (Å²) >= 11 is 0. The Morgan fingerprint density at radius 1 is 1.19 bits per heavy atom. The van der Waals surface area contributed by atoms with Gasteiger partial charge >= 0.3 is 0 Å². The third-order valence-electron chi connectivity index (χ3n) is 3.90. The topological polar surface area (TPSA) is 98.4 Å². The van der Waals surface area contributed by atoms with E-state index in [9.17, 15) is 9.59 Å². The minimum Gasteiger partial charge on any atom is -0.496 e. The van der Waals surface area contributed by atoms with Crippen LogP contribution >= 0.6 is 0 Å². The lowest BCUT2D eigenvalue weighted by molar-refractivity contribution is 0.0943. The van der Waals surface area contributed by atoms with Gasteiger partial charge in [-0.1, -0.05) is 12.1 Å². The molecule has 140 valence electrons. The molecule has 0 atom stereocenters. The summed E-state index contributed by atoms with van der Waals surface area (Å²) in [7, 11) is 1.49. The number of ether oxygens (including phenoxy) is 1. The summed E-state index contributed by atoms with van der Waals surface area (Å²) in [5, 5.41) is 9.72. The number of benzene rings is 1. The highest BCUT2D eigenvalue weighted by Crippen LogP contribution is 2.21. The third-order valence-corrected chi connectivity index (χ3v) is 3.90. The summed E-state index contributed by atoms with van der Waals surface area (Å²) in [5.74, 6) is 0.275. The summed E-state index contributed by atoms with van der Waals surface area (Å²) < 4.78 is 12.0. The first-order valence-corrected chi connectivity index (χ1v) is 8.44. The first-order chi connectivity index (χ1) is 13.1. The number of carbonyl (C=O) groups is 2. The summed E-state index contributed by atoms with van der Waals surface area (Å²) in [4.78, 5) is 25.2. The molecule has 0 saturated heterocycles. The molecule has 8 nitrogen and oxygen atoms in total. The molecule has 0 radical (unpaired) electrons. The molecule has 2 amide bonds. The van der Waals surface area contributed by atoms with Crippen LogP contribution in [0.25, 0.3) is 0 Å². The summed E-state index contributed by atoms with van der Waals surface area (Å²) in [5.41, 5.74) is 0.822. The standard InChI is InChI=1S/C19H20N4O4/c1-3-23-12-15(21-18(24)14-8-4-5-9-16(14)26-2)17(22-23)19(25)20-11-13-7-6-10-27-13/h4-10,12H,3,11H2,1-2H3,(H,20,25)(H,21,24). The van der Waals surface area contributed by atoms with Crippen LogP contribution in [-0.4, -0.2) is 28.7 Å². The highest BCUT2D eigenvalue weighted by Gasteiger charge is 2.20. The van der Waals surface area contributed by atoms with Crippen LogP contribution < -0.4 is 15.4 Å². The Bertz CT molecular complexity index is 931. The number of hydrogen-bond donors (Lipinski definition) is 2. The van der Waals surface area contributed by atoms with Crippen LogP contribution in [0.5, 0.6) is 5.75 Å². The molecule has 0 fully saturated rings. The molecule has 0 spiro atoms. The number of anilines is 1. The smallest absolute Gasteiger partial charge is 0.274 e. The highest BCUT2D eigenvalue weighted by molar-refractivity contribution is 6.09. The van der Waals surface area contributed by atoms with Crippen molar-refractivity contribution in [3.05, 3.63) is 65.9 Å². The van der Waals surface area contributed by atoms with Gasteiger partial charge in [-0.3, -0.25) is 14.3 Å². The molecule has 2 N–H and O–H groups in total. The van der Waals surface area contributed by atoms with Crippen LogP contribution in [0.2, 0.25) is 0 Å². The lowest BCUT2D eigenvalue weighted by Crippen LogP contribution is -2.25. The molecule has 0 bridgehead atoms. The second-order valence-electron chi connectivity index (χ2n) is 5.66. The van der Waals surface area contributed by atoms with Crippen molar-refractivity contribution in [3.8, 4) is 5.75 Å². The van der Waals surface area contributed by atoms with Gasteiger partial charge in [-0.05, 0) is 31.2 Å². The number of hydrogen-bond acceptors (Lipinski definition) is 5. The zero-order valence-corrected chi connectivity index (χ0v) is 15.1. The predicted octanol–water partition coefficient (Wildman–Crippen LogP) is 2.69. The van der Waals surface area contributed by atoms with Crippen LogP contribution in [0.4, 0.5) is 5.69 Å². The van der Waals surface area contributed by atoms with E-state index in [2.05, 4.69) is 15.7 Å². The van der Waals surface area contributed by atoms with Gasteiger partial charge in [-0.2, -0.15) is 5.10 Å². The molecule has 2 heterocycles. The molecule has 0 unspecified atom stereocenters. The lowest BCUT2D eigenvalue weighted by Gasteiger charge is -2.09. The lowest BCUT2D eigenvalue weighted by atomic mass is 10.2. The summed E-state index contributed by atoms with van der Waals surface area (Å²) in [6.45, 7) is 2.68. The number of rotatable bonds is 7. The number of para-hydroxylation sites is 1. The van der Waals surface area contributed by atoms with Crippen molar-refractivity contribution in [1.29, 1.82) is 0 Å². The van der Waals surface area contributed by atoms with Crippen molar-refractivity contribution < 1.29 is 18.7 Å². The van der Waals surface area contributed by atoms with E-state index in [1.807, 2.05) is 6.92 Å². The van der Waals surface area contributed by atoms with E-state index in [1.54, 1.807) is 47.3 Å². The van der Waals surface area contributed by atoms with E-state index in [1.165, 1.54) is 13.4 Å². The van der Waals surface area contributed by atoms with Crippen molar-refractivity contribution >= 4 is 17.5 Å². The van der Waals surface area contributed by atoms with Crippen LogP contribution in [0.15, 0.2) is 53.3 Å². The van der Waals surface area contributed by atoms with Crippen LogP contribution in [0.1, 0.15) is 33.5 Å². The minimum absolute atomic E-state index is 0.131. The fourth-order valence-corrected chi connectivity index (χ4v) is 2.53. The van der Waals surface area contributed by atoms with Crippen molar-refractivity contribution in [2.45, 2.75) is 20.0 Å². The maximum atomic E-state index is 12.6. The number of nitrogens with zero attached hydrogens (tertiary/aromatic N) is 2. The van der Waals surface area contributed by atoms with Gasteiger partial charge in [0.05, 0.1) is 31.2 Å². The molecular weight excluding hydrogens is 348 g/mol. The number of carbonyl (C=O) groups excluding carboxylic acids is 2. The quantitative estimate of drug-likeness (QED) is 0.668. The Kier molecular flexibility index (Phi) is 5.55. The molecule has 27 heavy (non-hydrogen) atoms. The van der Waals surface area contributed by atoms with E-state index in [4.69, 9.17) is 9.15 Å². The van der Waals surface area contributed by atoms with Crippen LogP contribution in [0, 0.1) is 0 Å². The Balaban J connectivity index is 1.79. The molecule has 2 aromatic heterocycles. The molecule has 8 heteroatoms. The number of furan rings is 1.